The molecule has 1 rings (SSSR count). The number of hydrogen-bond acceptors (Lipinski definition) is 4. The summed E-state index contributed by atoms with van der Waals surface area (Å²) in [6, 6.07) is -0.922. The molecule has 0 saturated heterocycles. The van der Waals surface area contributed by atoms with Crippen LogP contribution in [0.3, 0.4) is 0 Å². The van der Waals surface area contributed by atoms with E-state index in [-0.39, 0.29) is 18.9 Å². The van der Waals surface area contributed by atoms with Crippen LogP contribution in [0.1, 0.15) is 33.1 Å². The van der Waals surface area contributed by atoms with E-state index in [9.17, 15) is 18.0 Å². The van der Waals surface area contributed by atoms with Crippen molar-refractivity contribution in [3.63, 3.8) is 0 Å². The van der Waals surface area contributed by atoms with Crippen molar-refractivity contribution in [1.82, 2.24) is 10.6 Å². The number of urea groups is 1. The van der Waals surface area contributed by atoms with Gasteiger partial charge in [0.05, 0.1) is 11.2 Å². The highest BCUT2D eigenvalue weighted by Crippen LogP contribution is 2.33. The highest BCUT2D eigenvalue weighted by atomic mass is 32.2. The Morgan fingerprint density at radius 1 is 1.35 bits per heavy atom. The van der Waals surface area contributed by atoms with Crippen molar-refractivity contribution in [2.45, 2.75) is 43.9 Å². The number of sulfone groups is 1. The van der Waals surface area contributed by atoms with Gasteiger partial charge < -0.3 is 15.7 Å². The average Bonchev–Trinajstić information content (AvgIpc) is 3.07. The number of carbonyl (C=O) groups excluding carboxylic acids is 1. The second-order valence-corrected chi connectivity index (χ2v) is 8.55. The summed E-state index contributed by atoms with van der Waals surface area (Å²) in [5.41, 5.74) is 0. The molecule has 7 nitrogen and oxygen atoms in total. The fraction of sp³-hybridized carbons (Fsp3) is 0.833. The second-order valence-electron chi connectivity index (χ2n) is 5.90. The zero-order valence-corrected chi connectivity index (χ0v) is 12.8. The minimum Gasteiger partial charge on any atom is -0.481 e. The van der Waals surface area contributed by atoms with E-state index in [1.807, 2.05) is 0 Å². The van der Waals surface area contributed by atoms with Crippen molar-refractivity contribution < 1.29 is 23.1 Å². The Labute approximate surface area is 119 Å². The summed E-state index contributed by atoms with van der Waals surface area (Å²) in [4.78, 5) is 22.5. The molecule has 0 aliphatic heterocycles. The molecule has 0 spiro atoms. The molecule has 0 bridgehead atoms. The molecule has 20 heavy (non-hydrogen) atoms. The van der Waals surface area contributed by atoms with E-state index in [0.717, 1.165) is 19.1 Å². The van der Waals surface area contributed by atoms with Gasteiger partial charge in [0.2, 0.25) is 0 Å². The Morgan fingerprint density at radius 2 is 1.90 bits per heavy atom. The van der Waals surface area contributed by atoms with Crippen molar-refractivity contribution in [3.05, 3.63) is 0 Å². The van der Waals surface area contributed by atoms with Gasteiger partial charge in [-0.3, -0.25) is 4.79 Å². The van der Waals surface area contributed by atoms with Gasteiger partial charge in [0, 0.05) is 18.8 Å². The summed E-state index contributed by atoms with van der Waals surface area (Å²) in [5.74, 6) is -0.751. The number of carbonyl (C=O) groups is 2. The van der Waals surface area contributed by atoms with Crippen LogP contribution in [0.2, 0.25) is 0 Å². The van der Waals surface area contributed by atoms with Gasteiger partial charge in [0.1, 0.15) is 0 Å². The first-order chi connectivity index (χ1) is 9.03. The summed E-state index contributed by atoms with van der Waals surface area (Å²) in [5, 5.41) is 13.9. The zero-order chi connectivity index (χ0) is 15.6. The molecule has 1 aliphatic rings. The molecule has 0 radical (unpaired) electrons. The zero-order valence-electron chi connectivity index (χ0n) is 12.0. The molecule has 0 aromatic rings. The number of carboxylic acids is 1. The largest absolute Gasteiger partial charge is 0.481 e. The van der Waals surface area contributed by atoms with Crippen molar-refractivity contribution in [3.8, 4) is 0 Å². The molecule has 1 saturated carbocycles. The quantitative estimate of drug-likeness (QED) is 0.628. The Balaban J connectivity index is 2.48. The number of nitrogens with one attached hydrogen (secondary N) is 2. The summed E-state index contributed by atoms with van der Waals surface area (Å²) >= 11 is 0. The van der Waals surface area contributed by atoms with E-state index in [2.05, 4.69) is 10.6 Å². The molecular weight excluding hydrogens is 284 g/mol. The average molecular weight is 306 g/mol. The van der Waals surface area contributed by atoms with Crippen LogP contribution in [0.4, 0.5) is 4.79 Å². The first-order valence-electron chi connectivity index (χ1n) is 6.48. The molecular formula is C12H22N2O5S. The minimum absolute atomic E-state index is 0.0257. The maximum Gasteiger partial charge on any atom is 0.315 e. The van der Waals surface area contributed by atoms with Crippen LogP contribution in [0, 0.1) is 5.92 Å². The van der Waals surface area contributed by atoms with Crippen LogP contribution in [0.5, 0.6) is 0 Å². The van der Waals surface area contributed by atoms with Gasteiger partial charge in [-0.25, -0.2) is 13.2 Å². The van der Waals surface area contributed by atoms with Gasteiger partial charge in [-0.05, 0) is 32.6 Å². The first kappa shape index (κ1) is 16.7. The van der Waals surface area contributed by atoms with Gasteiger partial charge >= 0.3 is 12.0 Å². The van der Waals surface area contributed by atoms with E-state index in [1.54, 1.807) is 0 Å². The lowest BCUT2D eigenvalue weighted by molar-refractivity contribution is -0.137. The summed E-state index contributed by atoms with van der Waals surface area (Å²) in [6.45, 7) is 3.03. The number of aliphatic carboxylic acids is 1. The van der Waals surface area contributed by atoms with Gasteiger partial charge in [-0.2, -0.15) is 0 Å². The molecule has 0 heterocycles. The summed E-state index contributed by atoms with van der Waals surface area (Å²) in [7, 11) is -3.29. The number of carboxylic acid groups (broad SMARTS) is 1. The third-order valence-electron chi connectivity index (χ3n) is 3.58. The number of rotatable bonds is 7. The molecule has 8 heteroatoms. The van der Waals surface area contributed by atoms with Gasteiger partial charge in [-0.15, -0.1) is 0 Å². The number of hydrogen-bond donors (Lipinski definition) is 3. The van der Waals surface area contributed by atoms with E-state index in [1.165, 1.54) is 13.8 Å². The highest BCUT2D eigenvalue weighted by molar-refractivity contribution is 7.92. The Bertz CT molecular complexity index is 482. The molecule has 1 aliphatic carbocycles. The SMILES string of the molecule is CC(C)(CNC(=O)NC(CC(=O)O)C1CC1)S(C)(=O)=O. The smallest absolute Gasteiger partial charge is 0.315 e. The van der Waals surface area contributed by atoms with Crippen molar-refractivity contribution in [1.29, 1.82) is 0 Å². The molecule has 1 atom stereocenters. The molecule has 1 fully saturated rings. The fourth-order valence-electron chi connectivity index (χ4n) is 1.67. The van der Waals surface area contributed by atoms with E-state index < -0.39 is 32.6 Å². The number of amides is 2. The minimum atomic E-state index is -3.29. The van der Waals surface area contributed by atoms with Crippen molar-refractivity contribution >= 4 is 21.8 Å². The predicted molar refractivity (Wildman–Crippen MR) is 74.2 cm³/mol. The van der Waals surface area contributed by atoms with Gasteiger partial charge in [0.15, 0.2) is 9.84 Å². The van der Waals surface area contributed by atoms with Crippen LogP contribution >= 0.6 is 0 Å². The Kier molecular flexibility index (Phi) is 5.01. The van der Waals surface area contributed by atoms with Crippen molar-refractivity contribution in [2.75, 3.05) is 12.8 Å². The van der Waals surface area contributed by atoms with Crippen LogP contribution in [0.15, 0.2) is 0 Å². The van der Waals surface area contributed by atoms with Crippen LogP contribution in [0.25, 0.3) is 0 Å². The third kappa shape index (κ3) is 4.99. The van der Waals surface area contributed by atoms with E-state index in [4.69, 9.17) is 5.11 Å². The lowest BCUT2D eigenvalue weighted by atomic mass is 10.1. The maximum atomic E-state index is 11.7. The van der Waals surface area contributed by atoms with E-state index >= 15 is 0 Å². The standard InChI is InChI=1S/C12H22N2O5S/c1-12(2,20(3,18)19)7-13-11(17)14-9(6-10(15)16)8-4-5-8/h8-9H,4-7H2,1-3H3,(H,15,16)(H2,13,14,17). The molecule has 0 aromatic carbocycles. The Hall–Kier alpha value is -1.31. The van der Waals surface area contributed by atoms with Crippen LogP contribution in [-0.4, -0.2) is 49.1 Å². The lowest BCUT2D eigenvalue weighted by Gasteiger charge is -2.24. The van der Waals surface area contributed by atoms with Gasteiger partial charge in [0.25, 0.3) is 0 Å². The lowest BCUT2D eigenvalue weighted by Crippen LogP contribution is -2.50. The Morgan fingerprint density at radius 3 is 2.30 bits per heavy atom. The summed E-state index contributed by atoms with van der Waals surface area (Å²) < 4.78 is 21.9. The summed E-state index contributed by atoms with van der Waals surface area (Å²) in [6.07, 6.45) is 2.82. The topological polar surface area (TPSA) is 113 Å². The monoisotopic (exact) mass is 306 g/mol. The van der Waals surface area contributed by atoms with Crippen LogP contribution < -0.4 is 10.6 Å². The molecule has 0 aromatic heterocycles. The van der Waals surface area contributed by atoms with Crippen LogP contribution in [-0.2, 0) is 14.6 Å². The van der Waals surface area contributed by atoms with Crippen molar-refractivity contribution in [2.24, 2.45) is 5.92 Å². The normalized spacial score (nSPS) is 17.4. The second kappa shape index (κ2) is 5.99. The molecule has 3 N–H and O–H groups in total. The molecule has 1 unspecified atom stereocenters. The molecule has 116 valence electrons. The third-order valence-corrected chi connectivity index (χ3v) is 5.73. The predicted octanol–water partition coefficient (Wildman–Crippen LogP) is 0.362. The maximum absolute atomic E-state index is 11.7. The fourth-order valence-corrected chi connectivity index (χ4v) is 2.00. The van der Waals surface area contributed by atoms with E-state index in [0.29, 0.717) is 0 Å². The molecule has 2 amide bonds. The highest BCUT2D eigenvalue weighted by Gasteiger charge is 2.35. The first-order valence-corrected chi connectivity index (χ1v) is 8.38. The van der Waals surface area contributed by atoms with Gasteiger partial charge in [-0.1, -0.05) is 0 Å².